The quantitative estimate of drug-likeness (QED) is 0.148. The first-order valence-corrected chi connectivity index (χ1v) is 39.0. The van der Waals surface area contributed by atoms with Gasteiger partial charge < -0.3 is 18.9 Å². The molecule has 5 heterocycles. The minimum atomic E-state index is -0.259. The number of fused-ring (bicyclic) bond motifs is 17. The molecular formula is C101H85BN4S. The van der Waals surface area contributed by atoms with Gasteiger partial charge in [0.25, 0.3) is 6.71 Å². The SMILES string of the molecule is CC(C)(C)c1ccc2c(c1)-c1cc(C(C)(C)C)ccc1C2c1ccc2c(c1)N(c1ccccc1-c1ccccc1)c1cc(-n3c4ccccc4c4ccccc43)cc3c1B2c1c(cc(-n2c4ccc(C(C)(C)C)cc4c4cc(C(C)(C)C)ccc42)c2c1sc1ccccc12)N3c1ccccc1-c1ccccc1. The van der Waals surface area contributed by atoms with Crippen LogP contribution < -0.4 is 26.2 Å². The van der Waals surface area contributed by atoms with E-state index in [0.717, 1.165) is 67.4 Å². The van der Waals surface area contributed by atoms with Crippen LogP contribution in [-0.4, -0.2) is 15.8 Å². The molecule has 0 atom stereocenters. The zero-order valence-electron chi connectivity index (χ0n) is 63.1. The molecule has 0 amide bonds. The van der Waals surface area contributed by atoms with Gasteiger partial charge in [-0.1, -0.05) is 295 Å². The summed E-state index contributed by atoms with van der Waals surface area (Å²) in [6.45, 7) is 27.9. The molecule has 1 aliphatic carbocycles. The summed E-state index contributed by atoms with van der Waals surface area (Å²) in [6.07, 6.45) is 0. The summed E-state index contributed by atoms with van der Waals surface area (Å²) in [7, 11) is 0. The van der Waals surface area contributed by atoms with Crippen molar-refractivity contribution in [1.82, 2.24) is 9.13 Å². The van der Waals surface area contributed by atoms with Crippen LogP contribution in [0.15, 0.2) is 291 Å². The van der Waals surface area contributed by atoms with E-state index in [4.69, 9.17) is 0 Å². The van der Waals surface area contributed by atoms with Crippen molar-refractivity contribution in [2.24, 2.45) is 0 Å². The van der Waals surface area contributed by atoms with Crippen LogP contribution in [0.3, 0.4) is 0 Å². The molecule has 0 fully saturated rings. The smallest absolute Gasteiger partial charge is 0.254 e. The highest BCUT2D eigenvalue weighted by atomic mass is 32.1. The number of nitrogens with zero attached hydrogens (tertiary/aromatic N) is 4. The van der Waals surface area contributed by atoms with Gasteiger partial charge in [0, 0.05) is 81.5 Å². The molecule has 2 aliphatic heterocycles. The molecule has 20 rings (SSSR count). The van der Waals surface area contributed by atoms with Gasteiger partial charge in [-0.05, 0) is 178 Å². The Balaban J connectivity index is 0.969. The Morgan fingerprint density at radius 3 is 1.25 bits per heavy atom. The molecular weight excluding hydrogens is 1310 g/mol. The molecule has 3 aliphatic rings. The molecule has 0 bridgehead atoms. The van der Waals surface area contributed by atoms with Gasteiger partial charge in [-0.2, -0.15) is 0 Å². The topological polar surface area (TPSA) is 16.3 Å². The lowest BCUT2D eigenvalue weighted by Crippen LogP contribution is -2.61. The minimum absolute atomic E-state index is 0.0360. The number of aromatic nitrogens is 2. The first-order valence-electron chi connectivity index (χ1n) is 38.2. The fourth-order valence-electron chi connectivity index (χ4n) is 18.4. The van der Waals surface area contributed by atoms with Gasteiger partial charge >= 0.3 is 0 Å². The van der Waals surface area contributed by atoms with Crippen LogP contribution in [0.4, 0.5) is 34.1 Å². The van der Waals surface area contributed by atoms with Crippen molar-refractivity contribution in [3.05, 3.63) is 330 Å². The lowest BCUT2D eigenvalue weighted by Gasteiger charge is -2.45. The standard InChI is InChI=1S/C101H85BN4S/c1-98(2,3)64-44-48-73-76(54-64)77-55-65(99(4,5)6)45-49-74(77)93(73)63-43-50-80-87(53-63)105(81-38-24-19-33-69(81)61-29-15-13-16-30-61)89-58-68(103-83-40-26-21-35-71(83)72-36-22-27-41-84(72)103)59-90-95(89)102(80)96-91(106(90)82-39-25-20-34-70(82)62-31-17-14-18-32-62)60-88(94-75-37-23-28-42-92(75)107-97(94)96)104-85-51-46-66(100(7,8)9)56-78(85)79-57-67(101(10,11)12)47-52-86(79)104/h13-60,93H,1-12H3. The van der Waals surface area contributed by atoms with Crippen molar-refractivity contribution in [1.29, 1.82) is 0 Å². The van der Waals surface area contributed by atoms with Crippen molar-refractivity contribution in [2.75, 3.05) is 9.80 Å². The highest BCUT2D eigenvalue weighted by Gasteiger charge is 2.48. The van der Waals surface area contributed by atoms with Gasteiger partial charge in [0.1, 0.15) is 0 Å². The molecule has 0 radical (unpaired) electrons. The van der Waals surface area contributed by atoms with E-state index in [-0.39, 0.29) is 34.3 Å². The second-order valence-electron chi connectivity index (χ2n) is 34.4. The molecule has 0 unspecified atom stereocenters. The summed E-state index contributed by atoms with van der Waals surface area (Å²) in [5, 5.41) is 7.51. The second kappa shape index (κ2) is 23.5. The lowest BCUT2D eigenvalue weighted by molar-refractivity contribution is 0.589. The molecule has 518 valence electrons. The molecule has 0 spiro atoms. The summed E-state index contributed by atoms with van der Waals surface area (Å²) in [6, 6.07) is 113. The molecule has 0 saturated heterocycles. The van der Waals surface area contributed by atoms with Gasteiger partial charge in [0.05, 0.1) is 44.8 Å². The largest absolute Gasteiger partial charge is 0.311 e. The van der Waals surface area contributed by atoms with Crippen LogP contribution in [0.25, 0.3) is 109 Å². The predicted molar refractivity (Wildman–Crippen MR) is 461 cm³/mol. The van der Waals surface area contributed by atoms with Crippen molar-refractivity contribution >= 4 is 132 Å². The average Bonchev–Trinajstić information content (AvgIpc) is 1.67. The molecule has 4 nitrogen and oxygen atoms in total. The fourth-order valence-corrected chi connectivity index (χ4v) is 19.7. The zero-order valence-corrected chi connectivity index (χ0v) is 63.9. The number of para-hydroxylation sites is 4. The first kappa shape index (κ1) is 65.1. The van der Waals surface area contributed by atoms with Gasteiger partial charge in [-0.15, -0.1) is 11.3 Å². The third-order valence-corrected chi connectivity index (χ3v) is 25.0. The van der Waals surface area contributed by atoms with Gasteiger partial charge in [0.15, 0.2) is 0 Å². The normalized spacial score (nSPS) is 13.7. The van der Waals surface area contributed by atoms with Crippen molar-refractivity contribution < 1.29 is 0 Å². The highest BCUT2D eigenvalue weighted by Crippen LogP contribution is 2.56. The van der Waals surface area contributed by atoms with Gasteiger partial charge in [-0.3, -0.25) is 0 Å². The third kappa shape index (κ3) is 10.0. The maximum absolute atomic E-state index is 2.71. The number of benzene rings is 14. The van der Waals surface area contributed by atoms with E-state index < -0.39 is 0 Å². The predicted octanol–water partition coefficient (Wildman–Crippen LogP) is 26.0. The summed E-state index contributed by atoms with van der Waals surface area (Å²) in [4.78, 5) is 5.42. The van der Waals surface area contributed by atoms with Crippen LogP contribution in [-0.2, 0) is 21.7 Å². The third-order valence-electron chi connectivity index (χ3n) is 23.8. The van der Waals surface area contributed by atoms with E-state index in [1.807, 2.05) is 11.3 Å². The molecule has 3 aromatic heterocycles. The summed E-state index contributed by atoms with van der Waals surface area (Å²) >= 11 is 1.96. The monoisotopic (exact) mass is 1400 g/mol. The number of thiophene rings is 1. The first-order chi connectivity index (χ1) is 51.6. The van der Waals surface area contributed by atoms with Crippen LogP contribution in [0.5, 0.6) is 0 Å². The van der Waals surface area contributed by atoms with E-state index in [1.165, 1.54) is 131 Å². The fraction of sp³-hybridized carbons (Fsp3) is 0.168. The molecule has 0 saturated carbocycles. The van der Waals surface area contributed by atoms with Crippen LogP contribution >= 0.6 is 11.3 Å². The average molecular weight is 1400 g/mol. The summed E-state index contributed by atoms with van der Waals surface area (Å²) in [5.41, 5.74) is 34.1. The number of hydrogen-bond donors (Lipinski definition) is 0. The van der Waals surface area contributed by atoms with Crippen LogP contribution in [0, 0.1) is 0 Å². The van der Waals surface area contributed by atoms with Gasteiger partial charge in [0.2, 0.25) is 0 Å². The Hall–Kier alpha value is -11.4. The Bertz CT molecular complexity index is 6390. The Morgan fingerprint density at radius 1 is 0.299 bits per heavy atom. The summed E-state index contributed by atoms with van der Waals surface area (Å²) in [5.74, 6) is -0.0360. The van der Waals surface area contributed by atoms with Crippen LogP contribution in [0.2, 0.25) is 0 Å². The van der Waals surface area contributed by atoms with E-state index in [1.54, 1.807) is 0 Å². The van der Waals surface area contributed by atoms with Crippen LogP contribution in [0.1, 0.15) is 128 Å². The molecule has 14 aromatic carbocycles. The Morgan fingerprint density at radius 2 is 0.729 bits per heavy atom. The van der Waals surface area contributed by atoms with E-state index in [9.17, 15) is 0 Å². The van der Waals surface area contributed by atoms with E-state index >= 15 is 0 Å². The molecule has 0 N–H and O–H groups in total. The van der Waals surface area contributed by atoms with E-state index in [2.05, 4.69) is 393 Å². The van der Waals surface area contributed by atoms with Crippen molar-refractivity contribution in [3.63, 3.8) is 0 Å². The summed E-state index contributed by atoms with van der Waals surface area (Å²) < 4.78 is 7.76. The number of anilines is 6. The number of hydrogen-bond acceptors (Lipinski definition) is 3. The lowest BCUT2D eigenvalue weighted by atomic mass is 9.33. The molecule has 17 aromatic rings. The highest BCUT2D eigenvalue weighted by molar-refractivity contribution is 7.28. The minimum Gasteiger partial charge on any atom is -0.311 e. The van der Waals surface area contributed by atoms with Gasteiger partial charge in [-0.25, -0.2) is 0 Å². The second-order valence-corrected chi connectivity index (χ2v) is 35.5. The Kier molecular flexibility index (Phi) is 14.3. The Labute approximate surface area is 632 Å². The van der Waals surface area contributed by atoms with E-state index in [0.29, 0.717) is 0 Å². The maximum Gasteiger partial charge on any atom is 0.254 e. The van der Waals surface area contributed by atoms with Crippen molar-refractivity contribution in [2.45, 2.75) is 111 Å². The maximum atomic E-state index is 2.71. The number of rotatable bonds is 7. The van der Waals surface area contributed by atoms with Crippen molar-refractivity contribution in [3.8, 4) is 44.8 Å². The molecule has 107 heavy (non-hydrogen) atoms. The molecule has 6 heteroatoms. The zero-order chi connectivity index (χ0) is 72.9.